The number of pyridine rings is 2. The number of carbonyl (C=O) groups excluding carboxylic acids is 1. The van der Waals surface area contributed by atoms with Crippen LogP contribution in [0.25, 0.3) is 11.3 Å². The molecule has 0 N–H and O–H groups in total. The van der Waals surface area contributed by atoms with Crippen LogP contribution in [0.15, 0.2) is 36.9 Å². The van der Waals surface area contributed by atoms with Gasteiger partial charge >= 0.3 is 6.18 Å². The third-order valence-corrected chi connectivity index (χ3v) is 4.93. The van der Waals surface area contributed by atoms with Crippen molar-refractivity contribution in [1.82, 2.24) is 19.7 Å². The molecule has 4 rings (SSSR count). The van der Waals surface area contributed by atoms with E-state index in [1.54, 1.807) is 31.5 Å². The molecule has 0 unspecified atom stereocenters. The number of rotatable bonds is 6. The summed E-state index contributed by atoms with van der Waals surface area (Å²) < 4.78 is 49.9. The van der Waals surface area contributed by atoms with Gasteiger partial charge in [-0.1, -0.05) is 0 Å². The van der Waals surface area contributed by atoms with Crippen LogP contribution in [0.3, 0.4) is 0 Å². The van der Waals surface area contributed by atoms with E-state index in [-0.39, 0.29) is 5.69 Å². The molecule has 168 valence electrons. The van der Waals surface area contributed by atoms with Crippen LogP contribution in [-0.2, 0) is 11.3 Å². The van der Waals surface area contributed by atoms with Crippen LogP contribution in [0.2, 0.25) is 0 Å². The number of anilines is 1. The Kier molecular flexibility index (Phi) is 5.59. The molecule has 32 heavy (non-hydrogen) atoms. The SMILES string of the molecule is CCOc1cncc(-c2cc(C)c3c(n2)[C@@H](OC)N(c2cnn(CC(F)(F)F)c2)C3=O)c1. The summed E-state index contributed by atoms with van der Waals surface area (Å²) in [5, 5.41) is 3.73. The molecule has 3 aromatic heterocycles. The molecule has 3 aromatic rings. The minimum absolute atomic E-state index is 0.185. The minimum atomic E-state index is -4.43. The van der Waals surface area contributed by atoms with Crippen LogP contribution in [0, 0.1) is 6.92 Å². The first-order valence-corrected chi connectivity index (χ1v) is 9.77. The van der Waals surface area contributed by atoms with Crippen LogP contribution in [-0.4, -0.2) is 45.5 Å². The van der Waals surface area contributed by atoms with E-state index in [0.717, 1.165) is 10.9 Å². The molecule has 0 bridgehead atoms. The molecule has 1 aliphatic heterocycles. The quantitative estimate of drug-likeness (QED) is 0.570. The molecule has 0 saturated heterocycles. The summed E-state index contributed by atoms with van der Waals surface area (Å²) in [7, 11) is 1.40. The van der Waals surface area contributed by atoms with Crippen molar-refractivity contribution < 1.29 is 27.4 Å². The number of carbonyl (C=O) groups is 1. The predicted molar refractivity (Wildman–Crippen MR) is 108 cm³/mol. The van der Waals surface area contributed by atoms with Crippen LogP contribution in [0.1, 0.15) is 34.8 Å². The van der Waals surface area contributed by atoms with Crippen molar-refractivity contribution in [3.63, 3.8) is 0 Å². The van der Waals surface area contributed by atoms with Crippen LogP contribution in [0.4, 0.5) is 18.9 Å². The number of hydrogen-bond acceptors (Lipinski definition) is 6. The minimum Gasteiger partial charge on any atom is -0.492 e. The predicted octanol–water partition coefficient (Wildman–Crippen LogP) is 3.91. The highest BCUT2D eigenvalue weighted by Gasteiger charge is 2.42. The standard InChI is InChI=1S/C21H20F3N5O3/c1-4-32-15-6-13(7-25-9-15)16-5-12(2)17-18(27-16)20(31-3)29(19(17)30)14-8-26-28(10-14)11-21(22,23)24/h5-10,20H,4,11H2,1-3H3/t20-/m1/s1. The second kappa shape index (κ2) is 8.23. The first kappa shape index (κ1) is 21.8. The molecule has 0 radical (unpaired) electrons. The van der Waals surface area contributed by atoms with Gasteiger partial charge in [-0.15, -0.1) is 0 Å². The van der Waals surface area contributed by atoms with E-state index in [0.29, 0.717) is 40.4 Å². The van der Waals surface area contributed by atoms with Crippen LogP contribution < -0.4 is 9.64 Å². The van der Waals surface area contributed by atoms with E-state index in [4.69, 9.17) is 9.47 Å². The Bertz CT molecular complexity index is 1160. The summed E-state index contributed by atoms with van der Waals surface area (Å²) in [6.45, 7) is 2.86. The molecule has 0 saturated carbocycles. The lowest BCUT2D eigenvalue weighted by Gasteiger charge is -2.21. The van der Waals surface area contributed by atoms with Gasteiger partial charge in [-0.05, 0) is 31.5 Å². The molecule has 0 aromatic carbocycles. The summed E-state index contributed by atoms with van der Waals surface area (Å²) in [6.07, 6.45) is 0.243. The third-order valence-electron chi connectivity index (χ3n) is 4.93. The summed E-state index contributed by atoms with van der Waals surface area (Å²) in [4.78, 5) is 23.3. The zero-order valence-corrected chi connectivity index (χ0v) is 17.6. The van der Waals surface area contributed by atoms with E-state index in [2.05, 4.69) is 15.1 Å². The molecule has 8 nitrogen and oxygen atoms in total. The van der Waals surface area contributed by atoms with Gasteiger partial charge in [-0.25, -0.2) is 4.98 Å². The Balaban J connectivity index is 1.73. The van der Waals surface area contributed by atoms with Gasteiger partial charge in [0.15, 0.2) is 6.23 Å². The molecule has 11 heteroatoms. The summed E-state index contributed by atoms with van der Waals surface area (Å²) in [5.41, 5.74) is 2.82. The molecular formula is C21H20F3N5O3. The lowest BCUT2D eigenvalue weighted by atomic mass is 10.0. The molecule has 1 aliphatic rings. The van der Waals surface area contributed by atoms with Crippen molar-refractivity contribution >= 4 is 11.6 Å². The van der Waals surface area contributed by atoms with Gasteiger partial charge in [0.25, 0.3) is 5.91 Å². The molecule has 1 amide bonds. The van der Waals surface area contributed by atoms with E-state index < -0.39 is 24.9 Å². The highest BCUT2D eigenvalue weighted by molar-refractivity contribution is 6.11. The maximum absolute atomic E-state index is 13.2. The monoisotopic (exact) mass is 447 g/mol. The van der Waals surface area contributed by atoms with Crippen molar-refractivity contribution in [2.24, 2.45) is 0 Å². The van der Waals surface area contributed by atoms with Gasteiger partial charge in [0.05, 0.1) is 35.9 Å². The van der Waals surface area contributed by atoms with E-state index in [1.807, 2.05) is 6.92 Å². The van der Waals surface area contributed by atoms with E-state index in [1.165, 1.54) is 18.2 Å². The summed E-state index contributed by atoms with van der Waals surface area (Å²) in [5.74, 6) is 0.166. The molecular weight excluding hydrogens is 427 g/mol. The molecule has 0 fully saturated rings. The smallest absolute Gasteiger partial charge is 0.408 e. The number of amides is 1. The van der Waals surface area contributed by atoms with Gasteiger partial charge < -0.3 is 9.47 Å². The van der Waals surface area contributed by atoms with Gasteiger partial charge in [-0.3, -0.25) is 19.4 Å². The molecule has 4 heterocycles. The molecule has 0 aliphatic carbocycles. The normalized spacial score (nSPS) is 15.9. The van der Waals surface area contributed by atoms with Crippen molar-refractivity contribution in [1.29, 1.82) is 0 Å². The van der Waals surface area contributed by atoms with Crippen molar-refractivity contribution in [2.45, 2.75) is 32.8 Å². The lowest BCUT2D eigenvalue weighted by molar-refractivity contribution is -0.142. The van der Waals surface area contributed by atoms with E-state index in [9.17, 15) is 18.0 Å². The van der Waals surface area contributed by atoms with Gasteiger partial charge in [0.2, 0.25) is 0 Å². The Hall–Kier alpha value is -3.47. The average molecular weight is 447 g/mol. The van der Waals surface area contributed by atoms with Crippen LogP contribution >= 0.6 is 0 Å². The largest absolute Gasteiger partial charge is 0.492 e. The molecule has 1 atom stereocenters. The number of nitrogens with zero attached hydrogens (tertiary/aromatic N) is 5. The Morgan fingerprint density at radius 2 is 1.97 bits per heavy atom. The van der Waals surface area contributed by atoms with Crippen molar-refractivity contribution in [3.8, 4) is 17.0 Å². The first-order valence-electron chi connectivity index (χ1n) is 9.77. The van der Waals surface area contributed by atoms with Gasteiger partial charge in [-0.2, -0.15) is 18.3 Å². The van der Waals surface area contributed by atoms with E-state index >= 15 is 0 Å². The Labute approximate surface area is 181 Å². The van der Waals surface area contributed by atoms with Crippen molar-refractivity contribution in [2.75, 3.05) is 18.6 Å². The second-order valence-corrected chi connectivity index (χ2v) is 7.20. The highest BCUT2D eigenvalue weighted by atomic mass is 19.4. The van der Waals surface area contributed by atoms with Crippen LogP contribution in [0.5, 0.6) is 5.75 Å². The second-order valence-electron chi connectivity index (χ2n) is 7.20. The average Bonchev–Trinajstić information content (AvgIpc) is 3.28. The maximum atomic E-state index is 13.2. The number of fused-ring (bicyclic) bond motifs is 1. The first-order chi connectivity index (χ1) is 15.2. The lowest BCUT2D eigenvalue weighted by Crippen LogP contribution is -2.28. The van der Waals surface area contributed by atoms with Gasteiger partial charge in [0, 0.05) is 25.1 Å². The number of alkyl halides is 3. The summed E-state index contributed by atoms with van der Waals surface area (Å²) >= 11 is 0. The number of aryl methyl sites for hydroxylation is 1. The zero-order chi connectivity index (χ0) is 23.0. The summed E-state index contributed by atoms with van der Waals surface area (Å²) in [6, 6.07) is 3.55. The zero-order valence-electron chi connectivity index (χ0n) is 17.6. The number of methoxy groups -OCH3 is 1. The fourth-order valence-corrected chi connectivity index (χ4v) is 3.67. The topological polar surface area (TPSA) is 82.4 Å². The Morgan fingerprint density at radius 3 is 2.66 bits per heavy atom. The van der Waals surface area contributed by atoms with Crippen molar-refractivity contribution in [3.05, 3.63) is 53.7 Å². The highest BCUT2D eigenvalue weighted by Crippen LogP contribution is 2.39. The Morgan fingerprint density at radius 1 is 1.19 bits per heavy atom. The number of halogens is 3. The number of ether oxygens (including phenoxy) is 2. The molecule has 0 spiro atoms. The number of hydrogen-bond donors (Lipinski definition) is 0. The third kappa shape index (κ3) is 4.03. The maximum Gasteiger partial charge on any atom is 0.408 e. The fourth-order valence-electron chi connectivity index (χ4n) is 3.67. The fraction of sp³-hybridized carbons (Fsp3) is 0.333. The van der Waals surface area contributed by atoms with Gasteiger partial charge in [0.1, 0.15) is 18.0 Å². The number of aromatic nitrogens is 4.